The molecule has 1 aliphatic heterocycles. The van der Waals surface area contributed by atoms with Crippen LogP contribution < -0.4 is 9.64 Å². The van der Waals surface area contributed by atoms with Crippen molar-refractivity contribution in [2.75, 3.05) is 12.0 Å². The van der Waals surface area contributed by atoms with Crippen molar-refractivity contribution in [1.29, 1.82) is 0 Å². The van der Waals surface area contributed by atoms with E-state index in [-0.39, 0.29) is 16.6 Å². The molecule has 0 saturated carbocycles. The summed E-state index contributed by atoms with van der Waals surface area (Å²) in [5.74, 6) is -0.0263. The lowest BCUT2D eigenvalue weighted by atomic mass is 10.1. The molecule has 0 N–H and O–H groups in total. The maximum atomic E-state index is 12.4. The summed E-state index contributed by atoms with van der Waals surface area (Å²) in [6, 6.07) is 11.7. The molecule has 0 unspecified atom stereocenters. The summed E-state index contributed by atoms with van der Waals surface area (Å²) in [6.07, 6.45) is 0. The van der Waals surface area contributed by atoms with E-state index < -0.39 is 9.05 Å². The van der Waals surface area contributed by atoms with Crippen LogP contribution in [-0.4, -0.2) is 21.4 Å². The first kappa shape index (κ1) is 14.9. The van der Waals surface area contributed by atoms with Gasteiger partial charge in [0, 0.05) is 21.9 Å². The van der Waals surface area contributed by atoms with Crippen molar-refractivity contribution in [3.05, 3.63) is 53.6 Å². The minimum absolute atomic E-state index is 0.142. The van der Waals surface area contributed by atoms with Gasteiger partial charge in [-0.15, -0.1) is 0 Å². The minimum Gasteiger partial charge on any atom is -0.495 e. The molecule has 2 aromatic carbocycles. The van der Waals surface area contributed by atoms with Gasteiger partial charge in [0.05, 0.1) is 13.7 Å². The van der Waals surface area contributed by atoms with Crippen LogP contribution in [0.4, 0.5) is 5.69 Å². The maximum absolute atomic E-state index is 12.4. The SMILES string of the molecule is COc1ccc(N2Cc3ccccc3C2=O)cc1S(=O)(=O)Cl. The van der Waals surface area contributed by atoms with Crippen molar-refractivity contribution in [2.24, 2.45) is 0 Å². The quantitative estimate of drug-likeness (QED) is 0.808. The topological polar surface area (TPSA) is 63.7 Å². The van der Waals surface area contributed by atoms with E-state index in [2.05, 4.69) is 0 Å². The Morgan fingerprint density at radius 3 is 2.55 bits per heavy atom. The first-order valence-electron chi connectivity index (χ1n) is 6.44. The van der Waals surface area contributed by atoms with E-state index in [9.17, 15) is 13.2 Å². The van der Waals surface area contributed by atoms with Crippen molar-refractivity contribution in [1.82, 2.24) is 0 Å². The van der Waals surface area contributed by atoms with Gasteiger partial charge in [-0.3, -0.25) is 4.79 Å². The number of anilines is 1. The van der Waals surface area contributed by atoms with Crippen LogP contribution in [0, 0.1) is 0 Å². The Hall–Kier alpha value is -2.05. The Labute approximate surface area is 132 Å². The maximum Gasteiger partial charge on any atom is 0.265 e. The molecule has 114 valence electrons. The molecule has 0 bridgehead atoms. The zero-order valence-electron chi connectivity index (χ0n) is 11.6. The molecule has 0 fully saturated rings. The van der Waals surface area contributed by atoms with E-state index in [0.29, 0.717) is 17.8 Å². The van der Waals surface area contributed by atoms with Crippen molar-refractivity contribution < 1.29 is 17.9 Å². The summed E-state index contributed by atoms with van der Waals surface area (Å²) >= 11 is 0. The van der Waals surface area contributed by atoms with Crippen molar-refractivity contribution in [3.63, 3.8) is 0 Å². The third-order valence-corrected chi connectivity index (χ3v) is 4.89. The zero-order chi connectivity index (χ0) is 15.9. The molecular weight excluding hydrogens is 326 g/mol. The fourth-order valence-electron chi connectivity index (χ4n) is 2.49. The summed E-state index contributed by atoms with van der Waals surface area (Å²) < 4.78 is 28.3. The van der Waals surface area contributed by atoms with E-state index in [1.54, 1.807) is 18.2 Å². The lowest BCUT2D eigenvalue weighted by Crippen LogP contribution is -2.23. The number of carbonyl (C=O) groups is 1. The molecule has 1 amide bonds. The second-order valence-electron chi connectivity index (χ2n) is 4.82. The summed E-state index contributed by atoms with van der Waals surface area (Å²) in [5, 5.41) is 0. The number of carbonyl (C=O) groups excluding carboxylic acids is 1. The average molecular weight is 338 g/mol. The smallest absolute Gasteiger partial charge is 0.265 e. The molecular formula is C15H12ClNO4S. The molecule has 2 aromatic rings. The summed E-state index contributed by atoms with van der Waals surface area (Å²) in [5.41, 5.74) is 1.98. The number of amides is 1. The number of halogens is 1. The normalized spacial score (nSPS) is 14.1. The number of benzene rings is 2. The van der Waals surface area contributed by atoms with Gasteiger partial charge in [0.25, 0.3) is 15.0 Å². The molecule has 1 heterocycles. The monoisotopic (exact) mass is 337 g/mol. The summed E-state index contributed by atoms with van der Waals surface area (Å²) in [6.45, 7) is 0.392. The van der Waals surface area contributed by atoms with Crippen LogP contribution in [0.1, 0.15) is 15.9 Å². The van der Waals surface area contributed by atoms with Gasteiger partial charge in [-0.2, -0.15) is 0 Å². The molecule has 0 spiro atoms. The molecule has 1 aliphatic rings. The predicted molar refractivity (Wildman–Crippen MR) is 83.0 cm³/mol. The van der Waals surface area contributed by atoms with Crippen LogP contribution in [0.5, 0.6) is 5.75 Å². The Morgan fingerprint density at radius 1 is 1.18 bits per heavy atom. The van der Waals surface area contributed by atoms with Gasteiger partial charge in [0.2, 0.25) is 0 Å². The van der Waals surface area contributed by atoms with Gasteiger partial charge in [-0.05, 0) is 29.8 Å². The highest BCUT2D eigenvalue weighted by Gasteiger charge is 2.29. The van der Waals surface area contributed by atoms with Crippen molar-refractivity contribution in [3.8, 4) is 5.75 Å². The highest BCUT2D eigenvalue weighted by molar-refractivity contribution is 8.13. The molecule has 5 nitrogen and oxygen atoms in total. The highest BCUT2D eigenvalue weighted by Crippen LogP contribution is 2.34. The van der Waals surface area contributed by atoms with Gasteiger partial charge in [-0.25, -0.2) is 8.42 Å². The minimum atomic E-state index is -3.97. The van der Waals surface area contributed by atoms with E-state index >= 15 is 0 Å². The van der Waals surface area contributed by atoms with E-state index in [1.165, 1.54) is 24.1 Å². The van der Waals surface area contributed by atoms with Gasteiger partial charge in [0.15, 0.2) is 0 Å². The van der Waals surface area contributed by atoms with Gasteiger partial charge in [-0.1, -0.05) is 18.2 Å². The third-order valence-electron chi connectivity index (χ3n) is 3.54. The lowest BCUT2D eigenvalue weighted by Gasteiger charge is -2.17. The molecule has 0 saturated heterocycles. The summed E-state index contributed by atoms with van der Waals surface area (Å²) in [7, 11) is 2.82. The fourth-order valence-corrected chi connectivity index (χ4v) is 3.50. The van der Waals surface area contributed by atoms with Crippen LogP contribution in [-0.2, 0) is 15.6 Å². The number of hydrogen-bond donors (Lipinski definition) is 0. The van der Waals surface area contributed by atoms with Crippen molar-refractivity contribution in [2.45, 2.75) is 11.4 Å². The Balaban J connectivity index is 2.06. The van der Waals surface area contributed by atoms with Crippen LogP contribution in [0.2, 0.25) is 0 Å². The van der Waals surface area contributed by atoms with Crippen LogP contribution in [0.25, 0.3) is 0 Å². The zero-order valence-corrected chi connectivity index (χ0v) is 13.2. The lowest BCUT2D eigenvalue weighted by molar-refractivity contribution is 0.0996. The second-order valence-corrected chi connectivity index (χ2v) is 7.36. The Bertz CT molecular complexity index is 864. The standard InChI is InChI=1S/C15H12ClNO4S/c1-21-13-7-6-11(8-14(13)22(16,19)20)17-9-10-4-2-3-5-12(10)15(17)18/h2-8H,9H2,1H3. The number of ether oxygens (including phenoxy) is 1. The van der Waals surface area contributed by atoms with Gasteiger partial charge < -0.3 is 9.64 Å². The molecule has 0 aliphatic carbocycles. The Morgan fingerprint density at radius 2 is 1.91 bits per heavy atom. The summed E-state index contributed by atoms with van der Waals surface area (Å²) in [4.78, 5) is 13.8. The van der Waals surface area contributed by atoms with Gasteiger partial charge in [0.1, 0.15) is 10.6 Å². The Kier molecular flexibility index (Phi) is 3.58. The predicted octanol–water partition coefficient (Wildman–Crippen LogP) is 2.78. The second kappa shape index (κ2) is 5.30. The molecule has 0 radical (unpaired) electrons. The van der Waals surface area contributed by atoms with E-state index in [1.807, 2.05) is 12.1 Å². The number of nitrogens with zero attached hydrogens (tertiary/aromatic N) is 1. The van der Waals surface area contributed by atoms with E-state index in [0.717, 1.165) is 5.56 Å². The van der Waals surface area contributed by atoms with E-state index in [4.69, 9.17) is 15.4 Å². The fraction of sp³-hybridized carbons (Fsp3) is 0.133. The molecule has 0 atom stereocenters. The molecule has 3 rings (SSSR count). The molecule has 22 heavy (non-hydrogen) atoms. The van der Waals surface area contributed by atoms with Crippen LogP contribution in [0.3, 0.4) is 0 Å². The average Bonchev–Trinajstić information content (AvgIpc) is 2.83. The van der Waals surface area contributed by atoms with Crippen LogP contribution in [0.15, 0.2) is 47.4 Å². The third kappa shape index (κ3) is 2.44. The first-order chi connectivity index (χ1) is 10.4. The number of fused-ring (bicyclic) bond motifs is 1. The van der Waals surface area contributed by atoms with Gasteiger partial charge >= 0.3 is 0 Å². The van der Waals surface area contributed by atoms with Crippen LogP contribution >= 0.6 is 10.7 Å². The first-order valence-corrected chi connectivity index (χ1v) is 8.75. The van der Waals surface area contributed by atoms with Crippen molar-refractivity contribution >= 4 is 31.3 Å². The largest absolute Gasteiger partial charge is 0.495 e. The highest BCUT2D eigenvalue weighted by atomic mass is 35.7. The number of rotatable bonds is 3. The molecule has 0 aromatic heterocycles. The number of hydrogen-bond acceptors (Lipinski definition) is 4. The molecule has 7 heteroatoms. The number of methoxy groups -OCH3 is 1.